The molecule has 5 heteroatoms. The smallest absolute Gasteiger partial charge is 0.266 e. The average Bonchev–Trinajstić information content (AvgIpc) is 2.63. The molecule has 0 aliphatic heterocycles. The molecule has 2 aromatic rings. The maximum Gasteiger partial charge on any atom is 0.266 e. The monoisotopic (exact) mass is 397 g/mol. The Bertz CT molecular complexity index is 802. The van der Waals surface area contributed by atoms with E-state index in [1.807, 2.05) is 48.5 Å². The number of anilines is 2. The van der Waals surface area contributed by atoms with Crippen LogP contribution >= 0.6 is 15.9 Å². The number of carbonyl (C=O) groups excluding carboxylic acids is 1. The molecule has 1 amide bonds. The Labute approximate surface area is 156 Å². The fourth-order valence-corrected chi connectivity index (χ4v) is 2.82. The van der Waals surface area contributed by atoms with Crippen molar-refractivity contribution in [2.75, 3.05) is 23.3 Å². The maximum absolute atomic E-state index is 12.3. The molecule has 0 fully saturated rings. The second-order valence-corrected chi connectivity index (χ2v) is 6.22. The molecular formula is C20H20BrN3O. The third kappa shape index (κ3) is 4.94. The lowest BCUT2D eigenvalue weighted by Crippen LogP contribution is -2.21. The first-order valence-electron chi connectivity index (χ1n) is 8.11. The van der Waals surface area contributed by atoms with Crippen LogP contribution in [0.4, 0.5) is 11.4 Å². The van der Waals surface area contributed by atoms with Crippen molar-refractivity contribution in [3.63, 3.8) is 0 Å². The number of nitrogens with zero attached hydrogens (tertiary/aromatic N) is 2. The first-order chi connectivity index (χ1) is 12.1. The summed E-state index contributed by atoms with van der Waals surface area (Å²) in [5, 5.41) is 12.1. The van der Waals surface area contributed by atoms with Crippen LogP contribution in [0, 0.1) is 11.3 Å². The van der Waals surface area contributed by atoms with Crippen LogP contribution in [0.1, 0.15) is 19.4 Å². The van der Waals surface area contributed by atoms with E-state index >= 15 is 0 Å². The van der Waals surface area contributed by atoms with Gasteiger partial charge in [0.15, 0.2) is 0 Å². The number of halogens is 1. The van der Waals surface area contributed by atoms with Crippen molar-refractivity contribution in [2.45, 2.75) is 13.8 Å². The molecule has 0 heterocycles. The van der Waals surface area contributed by atoms with Crippen molar-refractivity contribution < 1.29 is 4.79 Å². The van der Waals surface area contributed by atoms with Crippen LogP contribution in [0.5, 0.6) is 0 Å². The summed E-state index contributed by atoms with van der Waals surface area (Å²) in [5.41, 5.74) is 2.63. The highest BCUT2D eigenvalue weighted by atomic mass is 79.9. The highest BCUT2D eigenvalue weighted by Crippen LogP contribution is 2.22. The number of nitriles is 1. The summed E-state index contributed by atoms with van der Waals surface area (Å²) in [4.78, 5) is 14.6. The molecule has 0 aliphatic carbocycles. The Kier molecular flexibility index (Phi) is 6.79. The summed E-state index contributed by atoms with van der Waals surface area (Å²) in [5.74, 6) is -0.429. The van der Waals surface area contributed by atoms with E-state index in [1.54, 1.807) is 12.1 Å². The zero-order chi connectivity index (χ0) is 18.2. The van der Waals surface area contributed by atoms with Gasteiger partial charge in [0.2, 0.25) is 0 Å². The van der Waals surface area contributed by atoms with Crippen molar-refractivity contribution >= 4 is 39.3 Å². The number of rotatable bonds is 6. The van der Waals surface area contributed by atoms with Crippen LogP contribution in [-0.4, -0.2) is 19.0 Å². The Morgan fingerprint density at radius 3 is 2.36 bits per heavy atom. The SMILES string of the molecule is CCN(CC)c1ccc(C=C(C#N)C(=O)Nc2ccccc2Br)cc1. The zero-order valence-electron chi connectivity index (χ0n) is 14.3. The van der Waals surface area contributed by atoms with Crippen LogP contribution in [0.3, 0.4) is 0 Å². The van der Waals surface area contributed by atoms with Crippen molar-refractivity contribution in [3.8, 4) is 6.07 Å². The average molecular weight is 398 g/mol. The fourth-order valence-electron chi connectivity index (χ4n) is 2.44. The van der Waals surface area contributed by atoms with E-state index in [4.69, 9.17) is 0 Å². The van der Waals surface area contributed by atoms with Gasteiger partial charge in [0.25, 0.3) is 5.91 Å². The van der Waals surface area contributed by atoms with Crippen molar-refractivity contribution in [1.82, 2.24) is 0 Å². The van der Waals surface area contributed by atoms with E-state index in [0.29, 0.717) is 5.69 Å². The lowest BCUT2D eigenvalue weighted by atomic mass is 10.1. The molecule has 0 spiro atoms. The minimum atomic E-state index is -0.429. The summed E-state index contributed by atoms with van der Waals surface area (Å²) < 4.78 is 0.768. The van der Waals surface area contributed by atoms with E-state index in [1.165, 1.54) is 0 Å². The zero-order valence-corrected chi connectivity index (χ0v) is 15.9. The van der Waals surface area contributed by atoms with E-state index in [0.717, 1.165) is 28.8 Å². The Morgan fingerprint density at radius 2 is 1.80 bits per heavy atom. The summed E-state index contributed by atoms with van der Waals surface area (Å²) in [6.45, 7) is 6.08. The Morgan fingerprint density at radius 1 is 1.16 bits per heavy atom. The van der Waals surface area contributed by atoms with Crippen LogP contribution in [0.25, 0.3) is 6.08 Å². The molecule has 0 unspecified atom stereocenters. The highest BCUT2D eigenvalue weighted by molar-refractivity contribution is 9.10. The van der Waals surface area contributed by atoms with Crippen LogP contribution < -0.4 is 10.2 Å². The summed E-state index contributed by atoms with van der Waals surface area (Å²) in [7, 11) is 0. The topological polar surface area (TPSA) is 56.1 Å². The van der Waals surface area contributed by atoms with Gasteiger partial charge in [0.05, 0.1) is 5.69 Å². The lowest BCUT2D eigenvalue weighted by Gasteiger charge is -2.20. The second kappa shape index (κ2) is 9.05. The predicted octanol–water partition coefficient (Wildman–Crippen LogP) is 4.84. The standard InChI is InChI=1S/C20H20BrN3O/c1-3-24(4-2)17-11-9-15(10-12-17)13-16(14-22)20(25)23-19-8-6-5-7-18(19)21/h5-13H,3-4H2,1-2H3,(H,23,25). The molecule has 0 saturated carbocycles. The first-order valence-corrected chi connectivity index (χ1v) is 8.91. The molecule has 0 bridgehead atoms. The molecular weight excluding hydrogens is 378 g/mol. The largest absolute Gasteiger partial charge is 0.372 e. The van der Waals surface area contributed by atoms with Gasteiger partial charge in [-0.05, 0) is 65.7 Å². The lowest BCUT2D eigenvalue weighted by molar-refractivity contribution is -0.112. The molecule has 0 aliphatic rings. The molecule has 2 aromatic carbocycles. The van der Waals surface area contributed by atoms with Gasteiger partial charge in [-0.2, -0.15) is 5.26 Å². The predicted molar refractivity (Wildman–Crippen MR) is 106 cm³/mol. The summed E-state index contributed by atoms with van der Waals surface area (Å²) >= 11 is 3.38. The molecule has 2 rings (SSSR count). The van der Waals surface area contributed by atoms with Crippen molar-refractivity contribution in [3.05, 3.63) is 64.1 Å². The number of nitrogens with one attached hydrogen (secondary N) is 1. The number of amides is 1. The quantitative estimate of drug-likeness (QED) is 0.560. The van der Waals surface area contributed by atoms with Crippen molar-refractivity contribution in [2.24, 2.45) is 0 Å². The molecule has 25 heavy (non-hydrogen) atoms. The molecule has 0 aromatic heterocycles. The number of hydrogen-bond donors (Lipinski definition) is 1. The normalized spacial score (nSPS) is 10.9. The number of para-hydroxylation sites is 1. The summed E-state index contributed by atoms with van der Waals surface area (Å²) in [6, 6.07) is 17.1. The van der Waals surface area contributed by atoms with Crippen molar-refractivity contribution in [1.29, 1.82) is 5.26 Å². The third-order valence-electron chi connectivity index (χ3n) is 3.82. The Balaban J connectivity index is 2.18. The van der Waals surface area contributed by atoms with Gasteiger partial charge in [-0.15, -0.1) is 0 Å². The van der Waals surface area contributed by atoms with Gasteiger partial charge in [0, 0.05) is 23.2 Å². The maximum atomic E-state index is 12.3. The van der Waals surface area contributed by atoms with Gasteiger partial charge in [0.1, 0.15) is 11.6 Å². The molecule has 0 atom stereocenters. The van der Waals surface area contributed by atoms with E-state index < -0.39 is 5.91 Å². The third-order valence-corrected chi connectivity index (χ3v) is 4.51. The fraction of sp³-hybridized carbons (Fsp3) is 0.200. The molecule has 1 N–H and O–H groups in total. The molecule has 4 nitrogen and oxygen atoms in total. The van der Waals surface area contributed by atoms with E-state index in [9.17, 15) is 10.1 Å². The Hall–Kier alpha value is -2.58. The van der Waals surface area contributed by atoms with Crippen LogP contribution in [-0.2, 0) is 4.79 Å². The molecule has 0 radical (unpaired) electrons. The van der Waals surface area contributed by atoms with Crippen LogP contribution in [0.2, 0.25) is 0 Å². The van der Waals surface area contributed by atoms with Gasteiger partial charge in [-0.1, -0.05) is 24.3 Å². The van der Waals surface area contributed by atoms with E-state index in [2.05, 4.69) is 40.0 Å². The van der Waals surface area contributed by atoms with E-state index in [-0.39, 0.29) is 5.57 Å². The second-order valence-electron chi connectivity index (χ2n) is 5.37. The van der Waals surface area contributed by atoms with Crippen LogP contribution in [0.15, 0.2) is 58.6 Å². The minimum absolute atomic E-state index is 0.0614. The van der Waals surface area contributed by atoms with Gasteiger partial charge < -0.3 is 10.2 Å². The highest BCUT2D eigenvalue weighted by Gasteiger charge is 2.11. The molecule has 0 saturated heterocycles. The van der Waals surface area contributed by atoms with Gasteiger partial charge in [-0.3, -0.25) is 4.79 Å². The van der Waals surface area contributed by atoms with Gasteiger partial charge in [-0.25, -0.2) is 0 Å². The van der Waals surface area contributed by atoms with Gasteiger partial charge >= 0.3 is 0 Å². The number of benzene rings is 2. The number of hydrogen-bond acceptors (Lipinski definition) is 3. The first kappa shape index (κ1) is 18.8. The number of carbonyl (C=O) groups is 1. The summed E-state index contributed by atoms with van der Waals surface area (Å²) in [6.07, 6.45) is 1.60. The molecule has 128 valence electrons. The minimum Gasteiger partial charge on any atom is -0.372 e.